The Balaban J connectivity index is 1.21. The van der Waals surface area contributed by atoms with Crippen LogP contribution in [0.1, 0.15) is 272 Å². The van der Waals surface area contributed by atoms with Crippen LogP contribution < -0.4 is 41.8 Å². The van der Waals surface area contributed by atoms with Crippen molar-refractivity contribution in [1.29, 1.82) is 0 Å². The van der Waals surface area contributed by atoms with E-state index in [1.54, 1.807) is 51.2 Å². The van der Waals surface area contributed by atoms with Crippen molar-refractivity contribution in [3.05, 3.63) is 77.9 Å². The lowest BCUT2D eigenvalue weighted by atomic mass is 9.78. The SMILES string of the molecule is CC(=O)[C@H](CCCCNC(=O)COCCOCCNC(=O)COCCOCCCC(=O)CC[C@H](CC(=O)CCCCCCCCCCOc1ccc(C(=O)O)cc1)C(=O)O)CC(=O)[C@H](CCCCNC(=O)COCCOCCCC(=O)COCCOCCNC(=O)CC[C@H](CC(=O)CCCCCCCCOc1ccc(C(=O)O)cc1)C(=O)O)NC(C)C(=O)C(C)(C)CC(=O)[C@@H](N)Cc1cnc[nH]1. The van der Waals surface area contributed by atoms with Gasteiger partial charge in [0.15, 0.2) is 17.3 Å². The van der Waals surface area contributed by atoms with Gasteiger partial charge < -0.3 is 99.8 Å². The molecule has 0 aliphatic rings. The number of ketones is 8. The molecule has 0 spiro atoms. The van der Waals surface area contributed by atoms with Crippen molar-refractivity contribution in [2.45, 2.75) is 271 Å². The molecule has 38 heteroatoms. The van der Waals surface area contributed by atoms with Gasteiger partial charge in [0.25, 0.3) is 0 Å². The number of unbranched alkanes of at least 4 members (excludes halogenated alkanes) is 14. The Morgan fingerprint density at radius 3 is 1.23 bits per heavy atom. The van der Waals surface area contributed by atoms with Gasteiger partial charge in [0.1, 0.15) is 66.8 Å². The number of H-pyrrole nitrogens is 1. The third-order valence-electron chi connectivity index (χ3n) is 22.6. The number of aliphatic carboxylic acids is 2. The molecular weight excluding hydrogens is 1780 g/mol. The summed E-state index contributed by atoms with van der Waals surface area (Å²) in [6.07, 6.45) is 19.9. The van der Waals surface area contributed by atoms with Gasteiger partial charge in [0, 0.05) is 133 Å². The summed E-state index contributed by atoms with van der Waals surface area (Å²) >= 11 is 0. The number of carboxylic acid groups (broad SMARTS) is 4. The summed E-state index contributed by atoms with van der Waals surface area (Å²) < 4.78 is 55.1. The number of aromatic nitrogens is 2. The Morgan fingerprint density at radius 1 is 0.387 bits per heavy atom. The highest BCUT2D eigenvalue weighted by atomic mass is 16.5. The third-order valence-corrected chi connectivity index (χ3v) is 22.6. The number of benzene rings is 2. The number of carbonyl (C=O) groups is 16. The van der Waals surface area contributed by atoms with E-state index in [2.05, 4.69) is 36.6 Å². The number of carboxylic acids is 4. The van der Waals surface area contributed by atoms with E-state index in [-0.39, 0.29) is 296 Å². The van der Waals surface area contributed by atoms with E-state index in [1.807, 2.05) is 0 Å². The minimum absolute atomic E-state index is 0.0200. The first-order valence-corrected chi connectivity index (χ1v) is 48.6. The van der Waals surface area contributed by atoms with Gasteiger partial charge in [-0.15, -0.1) is 0 Å². The maximum atomic E-state index is 14.2. The van der Waals surface area contributed by atoms with Crippen molar-refractivity contribution in [3.63, 3.8) is 0 Å². The molecule has 0 saturated heterocycles. The second-order valence-corrected chi connectivity index (χ2v) is 35.0. The highest BCUT2D eigenvalue weighted by Gasteiger charge is 2.37. The molecule has 2 aromatic carbocycles. The van der Waals surface area contributed by atoms with E-state index < -0.39 is 65.2 Å². The molecule has 137 heavy (non-hydrogen) atoms. The summed E-state index contributed by atoms with van der Waals surface area (Å²) in [5.41, 5.74) is 6.14. The molecule has 0 bridgehead atoms. The van der Waals surface area contributed by atoms with Gasteiger partial charge in [-0.2, -0.15) is 0 Å². The Hall–Kier alpha value is -10.0. The maximum Gasteiger partial charge on any atom is 0.335 e. The van der Waals surface area contributed by atoms with Crippen LogP contribution in [0.4, 0.5) is 0 Å². The minimum atomic E-state index is -1.17. The van der Waals surface area contributed by atoms with Crippen LogP contribution in [0.15, 0.2) is 61.1 Å². The van der Waals surface area contributed by atoms with Crippen molar-refractivity contribution >= 4 is 93.8 Å². The van der Waals surface area contributed by atoms with Crippen LogP contribution in [0.3, 0.4) is 0 Å². The van der Waals surface area contributed by atoms with Crippen LogP contribution in [0, 0.1) is 23.2 Å². The molecule has 1 unspecified atom stereocenters. The Bertz CT molecular complexity index is 4000. The quantitative estimate of drug-likeness (QED) is 0.0234. The average molecular weight is 1940 g/mol. The van der Waals surface area contributed by atoms with Gasteiger partial charge in [0.05, 0.1) is 127 Å². The van der Waals surface area contributed by atoms with E-state index in [4.69, 9.17) is 63.3 Å². The smallest absolute Gasteiger partial charge is 0.335 e. The van der Waals surface area contributed by atoms with Crippen LogP contribution >= 0.6 is 0 Å². The molecule has 0 aliphatic heterocycles. The molecule has 3 rings (SSSR count). The molecular formula is C99H154N8O30. The van der Waals surface area contributed by atoms with Crippen molar-refractivity contribution in [2.75, 3.05) is 145 Å². The summed E-state index contributed by atoms with van der Waals surface area (Å²) in [4.78, 5) is 207. The molecule has 770 valence electrons. The zero-order valence-electron chi connectivity index (χ0n) is 81.0. The molecule has 0 aliphatic carbocycles. The normalized spacial score (nSPS) is 12.7. The Kier molecular flexibility index (Phi) is 67.1. The second-order valence-electron chi connectivity index (χ2n) is 35.0. The van der Waals surface area contributed by atoms with Gasteiger partial charge in [-0.1, -0.05) is 84.5 Å². The van der Waals surface area contributed by atoms with Crippen LogP contribution in [0.5, 0.6) is 11.5 Å². The zero-order valence-corrected chi connectivity index (χ0v) is 81.0. The monoisotopic (exact) mass is 1940 g/mol. The van der Waals surface area contributed by atoms with Gasteiger partial charge in [-0.05, 0) is 146 Å². The lowest BCUT2D eigenvalue weighted by Gasteiger charge is -2.30. The largest absolute Gasteiger partial charge is 0.494 e. The van der Waals surface area contributed by atoms with Crippen LogP contribution in [0.2, 0.25) is 0 Å². The minimum Gasteiger partial charge on any atom is -0.494 e. The summed E-state index contributed by atoms with van der Waals surface area (Å²) in [7, 11) is 0. The predicted octanol–water partition coefficient (Wildman–Crippen LogP) is 9.66. The number of aromatic carboxylic acids is 2. The molecule has 12 N–H and O–H groups in total. The summed E-state index contributed by atoms with van der Waals surface area (Å²) in [5.74, 6) is -8.62. The number of amides is 4. The van der Waals surface area contributed by atoms with Gasteiger partial charge in [0.2, 0.25) is 23.6 Å². The van der Waals surface area contributed by atoms with E-state index in [0.717, 1.165) is 77.0 Å². The van der Waals surface area contributed by atoms with Crippen LogP contribution in [-0.4, -0.2) is 287 Å². The number of hydrogen-bond donors (Lipinski definition) is 11. The molecule has 6 atom stereocenters. The number of Topliss-reactive ketones (excluding diaryl/α,β-unsaturated/α-hetero) is 8. The number of nitrogens with two attached hydrogens (primary N) is 1. The number of carbonyl (C=O) groups excluding carboxylic acids is 12. The molecule has 1 aromatic heterocycles. The molecule has 4 amide bonds. The first kappa shape index (κ1) is 121. The van der Waals surface area contributed by atoms with E-state index in [9.17, 15) is 86.9 Å². The summed E-state index contributed by atoms with van der Waals surface area (Å²) in [6, 6.07) is 9.89. The number of imidazole rings is 1. The highest BCUT2D eigenvalue weighted by molar-refractivity contribution is 5.96. The second kappa shape index (κ2) is 75.9. The number of ether oxygens (including phenoxy) is 10. The fourth-order valence-corrected chi connectivity index (χ4v) is 14.7. The topological polar surface area (TPSA) is 561 Å². The highest BCUT2D eigenvalue weighted by Crippen LogP contribution is 2.28. The van der Waals surface area contributed by atoms with Crippen molar-refractivity contribution in [3.8, 4) is 11.5 Å². The van der Waals surface area contributed by atoms with Crippen molar-refractivity contribution in [2.24, 2.45) is 28.9 Å². The Morgan fingerprint density at radius 2 is 0.788 bits per heavy atom. The fourth-order valence-electron chi connectivity index (χ4n) is 14.7. The number of nitrogens with one attached hydrogen (secondary N) is 6. The standard InChI is InChI=1S/C99H154N8O30/c1-72(94(119)99(3,4)65-89(114)86(100)64-79-66-101-71-106-79)107-87(30-18-20-44-103-92(117)68-133-58-54-129-48-24-29-83(112)67-132-57-55-130-51-45-104-90(115)42-36-78(98(126)127)62-82(111)27-16-12-8-10-14-22-50-137-85-40-34-75(35-41-85)96(122)123)88(113)63-76(73(2)108)25-17-19-43-102-91(116)69-135-60-56-131-52-46-105-93(118)70-134-59-53-128-47-23-28-80(109)37-31-77(97(124)125)61-81(110)26-15-11-7-5-6-9-13-21-49-136-84-38-32-74(33-39-84)95(120)121/h32-35,38-41,66,71-72,76-78,86-87,107H,5-31,36-37,42-65,67-70,100H2,1-4H3,(H,101,106)(H,102,116)(H,103,117)(H,104,115)(H,105,118)(H,120,121)(H,122,123)(H,124,125)(H,126,127)/t72?,76-,77-,78-,86+,87+/m1/s1. The maximum absolute atomic E-state index is 14.2. The predicted molar refractivity (Wildman–Crippen MR) is 505 cm³/mol. The lowest BCUT2D eigenvalue weighted by Crippen LogP contribution is -2.50. The molecule has 3 aromatic rings. The van der Waals surface area contributed by atoms with Gasteiger partial charge >= 0.3 is 23.9 Å². The number of aromatic amines is 1. The van der Waals surface area contributed by atoms with Crippen LogP contribution in [-0.2, 0) is 111 Å². The molecule has 0 radical (unpaired) electrons. The molecule has 0 saturated carbocycles. The summed E-state index contributed by atoms with van der Waals surface area (Å²) in [6.45, 7) is 9.50. The van der Waals surface area contributed by atoms with E-state index in [0.29, 0.717) is 94.6 Å². The number of rotatable bonds is 93. The van der Waals surface area contributed by atoms with Crippen molar-refractivity contribution < 1.29 is 145 Å². The average Bonchev–Trinajstić information content (AvgIpc) is 1.37. The van der Waals surface area contributed by atoms with Crippen molar-refractivity contribution in [1.82, 2.24) is 36.6 Å². The first-order chi connectivity index (χ1) is 65.8. The molecule has 0 fully saturated rings. The molecule has 1 heterocycles. The Labute approximate surface area is 805 Å². The number of nitrogens with zero attached hydrogens (tertiary/aromatic N) is 1. The third kappa shape index (κ3) is 62.5. The fraction of sp³-hybridized carbons (Fsp3) is 0.687. The number of hydrogen-bond acceptors (Lipinski definition) is 29. The van der Waals surface area contributed by atoms with Gasteiger partial charge in [-0.25, -0.2) is 14.6 Å². The molecule has 38 nitrogen and oxygen atoms in total. The first-order valence-electron chi connectivity index (χ1n) is 48.6. The van der Waals surface area contributed by atoms with E-state index in [1.165, 1.54) is 37.5 Å². The zero-order chi connectivity index (χ0) is 100. The summed E-state index contributed by atoms with van der Waals surface area (Å²) in [5, 5.41) is 51.6. The van der Waals surface area contributed by atoms with Gasteiger partial charge in [-0.3, -0.25) is 72.4 Å². The lowest BCUT2D eigenvalue weighted by molar-refractivity contribution is -0.144. The van der Waals surface area contributed by atoms with E-state index >= 15 is 0 Å². The van der Waals surface area contributed by atoms with Crippen LogP contribution in [0.25, 0.3) is 0 Å².